The van der Waals surface area contributed by atoms with Gasteiger partial charge in [-0.2, -0.15) is 0 Å². The van der Waals surface area contributed by atoms with Crippen molar-refractivity contribution in [1.82, 2.24) is 9.97 Å². The largest absolute Gasteiger partial charge is 0.455 e. The van der Waals surface area contributed by atoms with Crippen molar-refractivity contribution in [3.63, 3.8) is 0 Å². The molecule has 0 bridgehead atoms. The number of imidazole rings is 1. The average molecular weight is 212 g/mol. The lowest BCUT2D eigenvalue weighted by Crippen LogP contribution is -2.25. The van der Waals surface area contributed by atoms with Gasteiger partial charge in [-0.25, -0.2) is 9.59 Å². The van der Waals surface area contributed by atoms with E-state index in [1.807, 2.05) is 6.92 Å². The van der Waals surface area contributed by atoms with Gasteiger partial charge in [-0.15, -0.1) is 0 Å². The number of aromatic amines is 2. The normalized spacial score (nSPS) is 11.5. The fourth-order valence-corrected chi connectivity index (χ4v) is 1.19. The molecule has 1 aromatic heterocycles. The van der Waals surface area contributed by atoms with E-state index in [1.54, 1.807) is 20.8 Å². The summed E-state index contributed by atoms with van der Waals surface area (Å²) in [5, 5.41) is 0. The van der Waals surface area contributed by atoms with Gasteiger partial charge >= 0.3 is 11.7 Å². The van der Waals surface area contributed by atoms with Gasteiger partial charge in [-0.1, -0.05) is 6.92 Å². The predicted octanol–water partition coefficient (Wildman–Crippen LogP) is 1.22. The summed E-state index contributed by atoms with van der Waals surface area (Å²) in [4.78, 5) is 27.6. The van der Waals surface area contributed by atoms with Crippen LogP contribution in [-0.4, -0.2) is 21.5 Å². The summed E-state index contributed by atoms with van der Waals surface area (Å²) in [6.45, 7) is 7.19. The molecular formula is C10H16N2O3. The zero-order valence-corrected chi connectivity index (χ0v) is 9.43. The van der Waals surface area contributed by atoms with E-state index in [-0.39, 0.29) is 11.4 Å². The second kappa shape index (κ2) is 3.92. The standard InChI is InChI=1S/C10H16N2O3/c1-5-6-7(12-9(14)11-6)8(13)15-10(2,3)4/h5H2,1-4H3,(H2,11,12,14). The Morgan fingerprint density at radius 2 is 1.93 bits per heavy atom. The third-order valence-electron chi connectivity index (χ3n) is 1.76. The lowest BCUT2D eigenvalue weighted by atomic mass is 10.2. The number of carbonyl (C=O) groups is 1. The molecular weight excluding hydrogens is 196 g/mol. The maximum atomic E-state index is 11.6. The van der Waals surface area contributed by atoms with Gasteiger partial charge in [0.25, 0.3) is 0 Å². The third-order valence-corrected chi connectivity index (χ3v) is 1.76. The average Bonchev–Trinajstić information content (AvgIpc) is 2.43. The molecule has 0 amide bonds. The van der Waals surface area contributed by atoms with E-state index in [0.717, 1.165) is 0 Å². The first-order valence-corrected chi connectivity index (χ1v) is 4.88. The van der Waals surface area contributed by atoms with E-state index < -0.39 is 11.6 Å². The van der Waals surface area contributed by atoms with Gasteiger partial charge < -0.3 is 9.72 Å². The molecule has 0 aliphatic heterocycles. The Hall–Kier alpha value is -1.52. The molecule has 0 unspecified atom stereocenters. The van der Waals surface area contributed by atoms with Crippen LogP contribution in [0.5, 0.6) is 0 Å². The fraction of sp³-hybridized carbons (Fsp3) is 0.600. The molecule has 0 aliphatic carbocycles. The summed E-state index contributed by atoms with van der Waals surface area (Å²) in [6, 6.07) is 0. The van der Waals surface area contributed by atoms with Gasteiger partial charge in [0.2, 0.25) is 0 Å². The minimum absolute atomic E-state index is 0.220. The molecule has 1 aromatic rings. The first-order valence-electron chi connectivity index (χ1n) is 4.88. The highest BCUT2D eigenvalue weighted by atomic mass is 16.6. The maximum absolute atomic E-state index is 11.6. The number of H-pyrrole nitrogens is 2. The zero-order chi connectivity index (χ0) is 11.6. The summed E-state index contributed by atoms with van der Waals surface area (Å²) >= 11 is 0. The SMILES string of the molecule is CCc1[nH]c(=O)[nH]c1C(=O)OC(C)(C)C. The summed E-state index contributed by atoms with van der Waals surface area (Å²) < 4.78 is 5.15. The minimum Gasteiger partial charge on any atom is -0.455 e. The Labute approximate surface area is 87.9 Å². The van der Waals surface area contributed by atoms with Crippen LogP contribution in [0, 0.1) is 0 Å². The molecule has 0 fully saturated rings. The number of carbonyl (C=O) groups excluding carboxylic acids is 1. The van der Waals surface area contributed by atoms with E-state index in [4.69, 9.17) is 4.74 Å². The van der Waals surface area contributed by atoms with E-state index >= 15 is 0 Å². The molecule has 2 N–H and O–H groups in total. The lowest BCUT2D eigenvalue weighted by molar-refractivity contribution is 0.00621. The number of hydrogen-bond acceptors (Lipinski definition) is 3. The van der Waals surface area contributed by atoms with Crippen LogP contribution in [0.1, 0.15) is 43.9 Å². The predicted molar refractivity (Wildman–Crippen MR) is 56.0 cm³/mol. The van der Waals surface area contributed by atoms with Crippen LogP contribution in [0.3, 0.4) is 0 Å². The molecule has 0 aromatic carbocycles. The van der Waals surface area contributed by atoms with Crippen LogP contribution in [0.25, 0.3) is 0 Å². The molecule has 1 heterocycles. The highest BCUT2D eigenvalue weighted by Gasteiger charge is 2.21. The van der Waals surface area contributed by atoms with Crippen LogP contribution in [0.2, 0.25) is 0 Å². The maximum Gasteiger partial charge on any atom is 0.357 e. The minimum atomic E-state index is -0.559. The summed E-state index contributed by atoms with van der Waals surface area (Å²) in [5.41, 5.74) is -0.143. The first-order chi connectivity index (χ1) is 6.83. The summed E-state index contributed by atoms with van der Waals surface area (Å²) in [5.74, 6) is -0.502. The molecule has 0 aliphatic rings. The smallest absolute Gasteiger partial charge is 0.357 e. The molecule has 15 heavy (non-hydrogen) atoms. The van der Waals surface area contributed by atoms with Gasteiger partial charge in [-0.3, -0.25) is 4.98 Å². The number of aryl methyl sites for hydroxylation is 1. The van der Waals surface area contributed by atoms with Crippen molar-refractivity contribution < 1.29 is 9.53 Å². The molecule has 5 heteroatoms. The van der Waals surface area contributed by atoms with Crippen molar-refractivity contribution in [1.29, 1.82) is 0 Å². The Morgan fingerprint density at radius 1 is 1.33 bits per heavy atom. The van der Waals surface area contributed by atoms with Crippen molar-refractivity contribution >= 4 is 5.97 Å². The van der Waals surface area contributed by atoms with E-state index in [0.29, 0.717) is 12.1 Å². The van der Waals surface area contributed by atoms with Crippen molar-refractivity contribution in [2.75, 3.05) is 0 Å². The molecule has 0 radical (unpaired) electrons. The van der Waals surface area contributed by atoms with Crippen LogP contribution in [-0.2, 0) is 11.2 Å². The Bertz CT molecular complexity index is 409. The number of rotatable bonds is 2. The number of ether oxygens (including phenoxy) is 1. The zero-order valence-electron chi connectivity index (χ0n) is 9.43. The topological polar surface area (TPSA) is 75.0 Å². The second-order valence-electron chi connectivity index (χ2n) is 4.29. The highest BCUT2D eigenvalue weighted by molar-refractivity contribution is 5.88. The van der Waals surface area contributed by atoms with Crippen LogP contribution < -0.4 is 5.69 Å². The summed E-state index contributed by atoms with van der Waals surface area (Å²) in [6.07, 6.45) is 0.577. The van der Waals surface area contributed by atoms with Gasteiger partial charge in [0, 0.05) is 0 Å². The molecule has 84 valence electrons. The van der Waals surface area contributed by atoms with Gasteiger partial charge in [0.15, 0.2) is 0 Å². The number of hydrogen-bond donors (Lipinski definition) is 2. The van der Waals surface area contributed by atoms with Crippen LogP contribution in [0.15, 0.2) is 4.79 Å². The van der Waals surface area contributed by atoms with E-state index in [9.17, 15) is 9.59 Å². The monoisotopic (exact) mass is 212 g/mol. The molecule has 0 saturated carbocycles. The quantitative estimate of drug-likeness (QED) is 0.724. The van der Waals surface area contributed by atoms with E-state index in [1.165, 1.54) is 0 Å². The molecule has 0 spiro atoms. The van der Waals surface area contributed by atoms with Crippen molar-refractivity contribution in [2.24, 2.45) is 0 Å². The molecule has 1 rings (SSSR count). The van der Waals surface area contributed by atoms with Gasteiger partial charge in [-0.05, 0) is 27.2 Å². The van der Waals surface area contributed by atoms with Crippen molar-refractivity contribution in [2.45, 2.75) is 39.7 Å². The fourth-order valence-electron chi connectivity index (χ4n) is 1.19. The highest BCUT2D eigenvalue weighted by Crippen LogP contribution is 2.12. The Kier molecular flexibility index (Phi) is 3.02. The number of aromatic nitrogens is 2. The first kappa shape index (κ1) is 11.6. The third kappa shape index (κ3) is 2.97. The van der Waals surface area contributed by atoms with Crippen molar-refractivity contribution in [3.8, 4) is 0 Å². The van der Waals surface area contributed by atoms with Gasteiger partial charge in [0.05, 0.1) is 5.69 Å². The molecule has 0 atom stereocenters. The van der Waals surface area contributed by atoms with Crippen LogP contribution in [0.4, 0.5) is 0 Å². The Morgan fingerprint density at radius 3 is 2.40 bits per heavy atom. The van der Waals surface area contributed by atoms with Gasteiger partial charge in [0.1, 0.15) is 11.3 Å². The number of esters is 1. The Balaban J connectivity index is 2.96. The lowest BCUT2D eigenvalue weighted by Gasteiger charge is -2.19. The van der Waals surface area contributed by atoms with Crippen LogP contribution >= 0.6 is 0 Å². The summed E-state index contributed by atoms with van der Waals surface area (Å²) in [7, 11) is 0. The number of nitrogens with one attached hydrogen (secondary N) is 2. The second-order valence-corrected chi connectivity index (χ2v) is 4.29. The van der Waals surface area contributed by atoms with E-state index in [2.05, 4.69) is 9.97 Å². The van der Waals surface area contributed by atoms with Crippen molar-refractivity contribution in [3.05, 3.63) is 21.9 Å². The molecule has 0 saturated heterocycles. The molecule has 5 nitrogen and oxygen atoms in total.